The fraction of sp³-hybridized carbons (Fsp3) is 0.769. The minimum absolute atomic E-state index is 0.243. The zero-order valence-electron chi connectivity index (χ0n) is 12.7. The van der Waals surface area contributed by atoms with Gasteiger partial charge in [0.05, 0.1) is 6.61 Å². The van der Waals surface area contributed by atoms with Crippen LogP contribution in [0.4, 0.5) is 0 Å². The highest BCUT2D eigenvalue weighted by atomic mass is 28.4. The van der Waals surface area contributed by atoms with Crippen LogP contribution in [0.3, 0.4) is 0 Å². The van der Waals surface area contributed by atoms with E-state index in [1.165, 1.54) is 6.08 Å². The first kappa shape index (κ1) is 17.6. The molecule has 0 atom stereocenters. The number of rotatable bonds is 8. The van der Waals surface area contributed by atoms with Crippen molar-refractivity contribution in [1.29, 1.82) is 0 Å². The predicted molar refractivity (Wildman–Crippen MR) is 81.7 cm³/mol. The van der Waals surface area contributed by atoms with Crippen LogP contribution in [0.25, 0.3) is 0 Å². The third-order valence-corrected chi connectivity index (χ3v) is 8.52. The van der Waals surface area contributed by atoms with Gasteiger partial charge in [-0.1, -0.05) is 12.5 Å². The molecule has 5 heteroatoms. The fourth-order valence-electron chi connectivity index (χ4n) is 1.89. The molecular formula is C13H28O3Si2. The second kappa shape index (κ2) is 7.91. The zero-order valence-corrected chi connectivity index (χ0v) is 14.7. The highest BCUT2D eigenvalue weighted by Crippen LogP contribution is 2.20. The molecule has 18 heavy (non-hydrogen) atoms. The summed E-state index contributed by atoms with van der Waals surface area (Å²) in [5.41, 5.74) is 0. The minimum Gasteiger partial charge on any atom is -0.463 e. The molecule has 0 N–H and O–H groups in total. The SMILES string of the molecule is CC=CC(=O)OCCCC[Si](C)(C)O[Si](C)(C)C. The minimum atomic E-state index is -1.52. The Bertz CT molecular complexity index is 280. The van der Waals surface area contributed by atoms with Crippen molar-refractivity contribution in [3.8, 4) is 0 Å². The van der Waals surface area contributed by atoms with Crippen molar-refractivity contribution in [2.45, 2.75) is 58.5 Å². The number of allylic oxidation sites excluding steroid dienone is 1. The molecule has 0 aliphatic heterocycles. The fourth-order valence-corrected chi connectivity index (χ4v) is 10.0. The summed E-state index contributed by atoms with van der Waals surface area (Å²) in [5, 5.41) is 0. The first-order valence-corrected chi connectivity index (χ1v) is 13.2. The molecule has 0 unspecified atom stereocenters. The lowest BCUT2D eigenvalue weighted by Crippen LogP contribution is -2.42. The molecule has 0 heterocycles. The maximum Gasteiger partial charge on any atom is 0.330 e. The monoisotopic (exact) mass is 288 g/mol. The number of unbranched alkanes of at least 4 members (excludes halogenated alkanes) is 1. The molecule has 0 aromatic heterocycles. The van der Waals surface area contributed by atoms with Gasteiger partial charge in [0.25, 0.3) is 0 Å². The average molecular weight is 289 g/mol. The van der Waals surface area contributed by atoms with Crippen LogP contribution in [-0.4, -0.2) is 29.2 Å². The van der Waals surface area contributed by atoms with Crippen LogP contribution in [0.5, 0.6) is 0 Å². The van der Waals surface area contributed by atoms with E-state index >= 15 is 0 Å². The van der Waals surface area contributed by atoms with Gasteiger partial charge in [0.1, 0.15) is 0 Å². The summed E-state index contributed by atoms with van der Waals surface area (Å²) in [4.78, 5) is 11.1. The van der Waals surface area contributed by atoms with Gasteiger partial charge in [-0.3, -0.25) is 0 Å². The second-order valence-corrected chi connectivity index (χ2v) is 15.2. The van der Waals surface area contributed by atoms with Crippen molar-refractivity contribution < 1.29 is 13.6 Å². The average Bonchev–Trinajstić information content (AvgIpc) is 2.13. The Hall–Kier alpha value is -0.396. The van der Waals surface area contributed by atoms with E-state index in [0.717, 1.165) is 18.9 Å². The molecule has 0 spiro atoms. The van der Waals surface area contributed by atoms with Crippen molar-refractivity contribution in [1.82, 2.24) is 0 Å². The van der Waals surface area contributed by atoms with E-state index in [0.29, 0.717) is 6.61 Å². The number of hydrogen-bond acceptors (Lipinski definition) is 3. The third-order valence-electron chi connectivity index (χ3n) is 2.30. The Morgan fingerprint density at radius 2 is 1.72 bits per heavy atom. The van der Waals surface area contributed by atoms with Crippen LogP contribution in [0.1, 0.15) is 19.8 Å². The van der Waals surface area contributed by atoms with Gasteiger partial charge in [0.15, 0.2) is 16.6 Å². The highest BCUT2D eigenvalue weighted by molar-refractivity contribution is 6.84. The Morgan fingerprint density at radius 1 is 1.11 bits per heavy atom. The first-order chi connectivity index (χ1) is 8.16. The summed E-state index contributed by atoms with van der Waals surface area (Å²) in [6.45, 7) is 13.6. The quantitative estimate of drug-likeness (QED) is 0.294. The summed E-state index contributed by atoms with van der Waals surface area (Å²) in [6, 6.07) is 1.14. The summed E-state index contributed by atoms with van der Waals surface area (Å²) >= 11 is 0. The molecule has 0 bridgehead atoms. The van der Waals surface area contributed by atoms with Crippen molar-refractivity contribution >= 4 is 22.6 Å². The molecule has 0 rings (SSSR count). The molecule has 0 saturated carbocycles. The van der Waals surface area contributed by atoms with E-state index in [2.05, 4.69) is 32.7 Å². The van der Waals surface area contributed by atoms with Gasteiger partial charge in [-0.25, -0.2) is 4.79 Å². The number of carbonyl (C=O) groups excluding carboxylic acids is 1. The number of hydrogen-bond donors (Lipinski definition) is 0. The van der Waals surface area contributed by atoms with E-state index in [-0.39, 0.29) is 5.97 Å². The van der Waals surface area contributed by atoms with Crippen molar-refractivity contribution in [3.05, 3.63) is 12.2 Å². The summed E-state index contributed by atoms with van der Waals surface area (Å²) in [7, 11) is -2.95. The Morgan fingerprint density at radius 3 is 2.22 bits per heavy atom. The molecule has 0 saturated heterocycles. The summed E-state index contributed by atoms with van der Waals surface area (Å²) < 4.78 is 11.3. The van der Waals surface area contributed by atoms with Gasteiger partial charge in [-0.05, 0) is 52.1 Å². The van der Waals surface area contributed by atoms with Crippen LogP contribution in [0.2, 0.25) is 38.8 Å². The van der Waals surface area contributed by atoms with E-state index in [4.69, 9.17) is 8.85 Å². The van der Waals surface area contributed by atoms with E-state index in [9.17, 15) is 4.79 Å². The molecule has 106 valence electrons. The molecule has 0 radical (unpaired) electrons. The Kier molecular flexibility index (Phi) is 7.74. The Labute approximate surface area is 114 Å². The maximum absolute atomic E-state index is 11.1. The lowest BCUT2D eigenvalue weighted by molar-refractivity contribution is -0.137. The van der Waals surface area contributed by atoms with E-state index < -0.39 is 16.6 Å². The van der Waals surface area contributed by atoms with Crippen LogP contribution in [0.15, 0.2) is 12.2 Å². The van der Waals surface area contributed by atoms with E-state index in [1.54, 1.807) is 6.08 Å². The van der Waals surface area contributed by atoms with Gasteiger partial charge in [-0.15, -0.1) is 0 Å². The van der Waals surface area contributed by atoms with Crippen LogP contribution in [0, 0.1) is 0 Å². The Balaban J connectivity index is 3.74. The van der Waals surface area contributed by atoms with Gasteiger partial charge in [0.2, 0.25) is 0 Å². The second-order valence-electron chi connectivity index (χ2n) is 6.10. The summed E-state index contributed by atoms with van der Waals surface area (Å²) in [5.74, 6) is -0.243. The lowest BCUT2D eigenvalue weighted by atomic mass is 10.3. The standard InChI is InChI=1S/C13H28O3Si2/c1-7-10-13(14)15-11-8-9-12-18(5,6)16-17(2,3)4/h7,10H,8-9,11-12H2,1-6H3. The predicted octanol–water partition coefficient (Wildman–Crippen LogP) is 3.94. The molecule has 0 aromatic rings. The molecule has 0 aromatic carbocycles. The topological polar surface area (TPSA) is 35.5 Å². The summed E-state index contributed by atoms with van der Waals surface area (Å²) in [6.07, 6.45) is 5.15. The largest absolute Gasteiger partial charge is 0.463 e. The van der Waals surface area contributed by atoms with Crippen LogP contribution >= 0.6 is 0 Å². The molecule has 3 nitrogen and oxygen atoms in total. The molecular weight excluding hydrogens is 260 g/mol. The smallest absolute Gasteiger partial charge is 0.330 e. The van der Waals surface area contributed by atoms with Gasteiger partial charge in [-0.2, -0.15) is 0 Å². The van der Waals surface area contributed by atoms with Crippen molar-refractivity contribution in [3.63, 3.8) is 0 Å². The van der Waals surface area contributed by atoms with Gasteiger partial charge < -0.3 is 8.85 Å². The number of carbonyl (C=O) groups is 1. The molecule has 0 aliphatic rings. The number of esters is 1. The van der Waals surface area contributed by atoms with Crippen LogP contribution in [-0.2, 0) is 13.6 Å². The zero-order chi connectivity index (χ0) is 14.2. The molecule has 0 amide bonds. The lowest BCUT2D eigenvalue weighted by Gasteiger charge is -2.31. The maximum atomic E-state index is 11.1. The van der Waals surface area contributed by atoms with Gasteiger partial charge in [0, 0.05) is 6.08 Å². The third kappa shape index (κ3) is 10.7. The van der Waals surface area contributed by atoms with Gasteiger partial charge >= 0.3 is 5.97 Å². The van der Waals surface area contributed by atoms with Crippen LogP contribution < -0.4 is 0 Å². The molecule has 0 fully saturated rings. The number of ether oxygens (including phenoxy) is 1. The van der Waals surface area contributed by atoms with Crippen molar-refractivity contribution in [2.24, 2.45) is 0 Å². The van der Waals surface area contributed by atoms with E-state index in [1.807, 2.05) is 6.92 Å². The van der Waals surface area contributed by atoms with Crippen molar-refractivity contribution in [2.75, 3.05) is 6.61 Å². The first-order valence-electron chi connectivity index (χ1n) is 6.66. The molecule has 0 aliphatic carbocycles. The normalized spacial score (nSPS) is 13.0. The highest BCUT2D eigenvalue weighted by Gasteiger charge is 2.28.